The van der Waals surface area contributed by atoms with E-state index in [0.29, 0.717) is 18.2 Å². The molecule has 0 aliphatic carbocycles. The van der Waals surface area contributed by atoms with Gasteiger partial charge in [-0.25, -0.2) is 4.98 Å². The van der Waals surface area contributed by atoms with Crippen LogP contribution in [0.15, 0.2) is 72.9 Å². The molecule has 2 amide bonds. The topological polar surface area (TPSA) is 66.4 Å². The number of carbonyl (C=O) groups is 2. The number of hydrogen-bond acceptors (Lipinski definition) is 5. The first-order chi connectivity index (χ1) is 15.6. The highest BCUT2D eigenvalue weighted by molar-refractivity contribution is 7.22. The number of amides is 2. The summed E-state index contributed by atoms with van der Waals surface area (Å²) in [5.41, 5.74) is 3.57. The van der Waals surface area contributed by atoms with E-state index in [-0.39, 0.29) is 18.2 Å². The number of aromatic nitrogens is 2. The van der Waals surface area contributed by atoms with E-state index < -0.39 is 5.92 Å². The van der Waals surface area contributed by atoms with E-state index in [1.54, 1.807) is 16.0 Å². The Morgan fingerprint density at radius 3 is 2.66 bits per heavy atom. The molecule has 1 fully saturated rings. The summed E-state index contributed by atoms with van der Waals surface area (Å²) in [4.78, 5) is 39.0. The molecule has 32 heavy (non-hydrogen) atoms. The summed E-state index contributed by atoms with van der Waals surface area (Å²) in [6, 6.07) is 21.2. The van der Waals surface area contributed by atoms with E-state index in [9.17, 15) is 9.59 Å². The first kappa shape index (κ1) is 20.3. The Labute approximate surface area is 190 Å². The number of nitrogens with zero attached hydrogens (tertiary/aromatic N) is 4. The summed E-state index contributed by atoms with van der Waals surface area (Å²) in [5, 5.41) is 0.635. The van der Waals surface area contributed by atoms with Crippen LogP contribution in [0.5, 0.6) is 0 Å². The van der Waals surface area contributed by atoms with Crippen molar-refractivity contribution in [2.24, 2.45) is 5.92 Å². The van der Waals surface area contributed by atoms with Crippen LogP contribution in [-0.4, -0.2) is 28.3 Å². The molecule has 0 N–H and O–H groups in total. The predicted octanol–water partition coefficient (Wildman–Crippen LogP) is 4.59. The van der Waals surface area contributed by atoms with Crippen LogP contribution in [0.4, 0.5) is 10.8 Å². The van der Waals surface area contributed by atoms with Gasteiger partial charge in [-0.3, -0.25) is 19.5 Å². The van der Waals surface area contributed by atoms with E-state index in [4.69, 9.17) is 4.98 Å². The van der Waals surface area contributed by atoms with Crippen LogP contribution in [0.1, 0.15) is 17.7 Å². The summed E-state index contributed by atoms with van der Waals surface area (Å²) in [6.07, 6.45) is 1.91. The SMILES string of the molecule is Cc1cccc2sc(N(Cc3ccccn3)C(=O)[C@H]3CC(=O)N(c4ccccc4)C3)nc12. The summed E-state index contributed by atoms with van der Waals surface area (Å²) < 4.78 is 1.03. The number of thiazole rings is 1. The molecule has 3 heterocycles. The van der Waals surface area contributed by atoms with Gasteiger partial charge in [-0.1, -0.05) is 47.7 Å². The first-order valence-electron chi connectivity index (χ1n) is 10.5. The second kappa shape index (κ2) is 8.51. The molecule has 5 rings (SSSR count). The maximum absolute atomic E-state index is 13.7. The van der Waals surface area contributed by atoms with E-state index in [1.165, 1.54) is 11.3 Å². The molecule has 4 aromatic rings. The van der Waals surface area contributed by atoms with Gasteiger partial charge in [0.1, 0.15) is 0 Å². The average Bonchev–Trinajstić information content (AvgIpc) is 3.43. The molecule has 0 spiro atoms. The number of anilines is 2. The molecule has 160 valence electrons. The molecule has 2 aromatic heterocycles. The molecular weight excluding hydrogens is 420 g/mol. The number of pyridine rings is 1. The van der Waals surface area contributed by atoms with E-state index in [1.807, 2.05) is 73.7 Å². The van der Waals surface area contributed by atoms with Crippen molar-refractivity contribution in [3.63, 3.8) is 0 Å². The van der Waals surface area contributed by atoms with Crippen molar-refractivity contribution in [1.82, 2.24) is 9.97 Å². The summed E-state index contributed by atoms with van der Waals surface area (Å²) in [6.45, 7) is 2.70. The Morgan fingerprint density at radius 1 is 1.09 bits per heavy atom. The molecule has 0 radical (unpaired) electrons. The fourth-order valence-corrected chi connectivity index (χ4v) is 5.08. The summed E-state index contributed by atoms with van der Waals surface area (Å²) in [5.74, 6) is -0.564. The third-order valence-electron chi connectivity index (χ3n) is 5.69. The van der Waals surface area contributed by atoms with Crippen molar-refractivity contribution in [3.8, 4) is 0 Å². The van der Waals surface area contributed by atoms with Crippen molar-refractivity contribution < 1.29 is 9.59 Å². The number of rotatable bonds is 5. The van der Waals surface area contributed by atoms with Crippen LogP contribution in [0.3, 0.4) is 0 Å². The number of aryl methyl sites for hydroxylation is 1. The monoisotopic (exact) mass is 442 g/mol. The molecule has 7 heteroatoms. The molecule has 0 saturated carbocycles. The number of fused-ring (bicyclic) bond motifs is 1. The molecule has 1 saturated heterocycles. The molecule has 1 atom stereocenters. The summed E-state index contributed by atoms with van der Waals surface area (Å²) in [7, 11) is 0. The van der Waals surface area contributed by atoms with Gasteiger partial charge in [0.25, 0.3) is 0 Å². The second-order valence-corrected chi connectivity index (χ2v) is 8.91. The second-order valence-electron chi connectivity index (χ2n) is 7.90. The molecule has 6 nitrogen and oxygen atoms in total. The Bertz CT molecular complexity index is 1270. The third kappa shape index (κ3) is 3.87. The van der Waals surface area contributed by atoms with Crippen molar-refractivity contribution >= 4 is 44.2 Å². The Kier molecular flexibility index (Phi) is 5.41. The van der Waals surface area contributed by atoms with Crippen LogP contribution < -0.4 is 9.80 Å². The van der Waals surface area contributed by atoms with Crippen molar-refractivity contribution in [2.45, 2.75) is 19.9 Å². The molecular formula is C25H22N4O2S. The van der Waals surface area contributed by atoms with E-state index in [0.717, 1.165) is 27.2 Å². The quantitative estimate of drug-likeness (QED) is 0.454. The Balaban J connectivity index is 1.48. The predicted molar refractivity (Wildman–Crippen MR) is 127 cm³/mol. The van der Waals surface area contributed by atoms with Crippen LogP contribution in [0, 0.1) is 12.8 Å². The van der Waals surface area contributed by atoms with Gasteiger partial charge >= 0.3 is 0 Å². The maximum Gasteiger partial charge on any atom is 0.234 e. The first-order valence-corrected chi connectivity index (χ1v) is 11.3. The highest BCUT2D eigenvalue weighted by Gasteiger charge is 2.38. The highest BCUT2D eigenvalue weighted by Crippen LogP contribution is 2.34. The van der Waals surface area contributed by atoms with Gasteiger partial charge in [-0.05, 0) is 42.8 Å². The molecule has 1 aliphatic rings. The number of carbonyl (C=O) groups excluding carboxylic acids is 2. The van der Waals surface area contributed by atoms with Crippen LogP contribution in [0.25, 0.3) is 10.2 Å². The lowest BCUT2D eigenvalue weighted by atomic mass is 10.1. The highest BCUT2D eigenvalue weighted by atomic mass is 32.1. The van der Waals surface area contributed by atoms with Gasteiger partial charge in [0.05, 0.1) is 28.4 Å². The minimum atomic E-state index is -0.431. The van der Waals surface area contributed by atoms with Gasteiger partial charge in [0.2, 0.25) is 11.8 Å². The van der Waals surface area contributed by atoms with Gasteiger partial charge in [0, 0.05) is 24.8 Å². The normalized spacial score (nSPS) is 16.0. The Hall–Kier alpha value is -3.58. The lowest BCUT2D eigenvalue weighted by Gasteiger charge is -2.23. The number of para-hydroxylation sites is 2. The molecule has 1 aliphatic heterocycles. The Morgan fingerprint density at radius 2 is 1.91 bits per heavy atom. The van der Waals surface area contributed by atoms with Gasteiger partial charge in [-0.15, -0.1) is 0 Å². The van der Waals surface area contributed by atoms with Crippen LogP contribution in [0.2, 0.25) is 0 Å². The fourth-order valence-electron chi connectivity index (χ4n) is 4.03. The lowest BCUT2D eigenvalue weighted by Crippen LogP contribution is -2.37. The molecule has 2 aromatic carbocycles. The largest absolute Gasteiger partial charge is 0.312 e. The van der Waals surface area contributed by atoms with Crippen molar-refractivity contribution in [2.75, 3.05) is 16.3 Å². The zero-order valence-corrected chi connectivity index (χ0v) is 18.5. The van der Waals surface area contributed by atoms with Crippen molar-refractivity contribution in [1.29, 1.82) is 0 Å². The average molecular weight is 443 g/mol. The standard InChI is InChI=1S/C25H22N4O2S/c1-17-8-7-12-21-23(17)27-25(32-21)29(16-19-9-5-6-13-26-19)24(31)18-14-22(30)28(15-18)20-10-3-2-4-11-20/h2-13,18H,14-16H2,1H3/t18-/m0/s1. The minimum absolute atomic E-state index is 0.0347. The zero-order valence-electron chi connectivity index (χ0n) is 17.6. The smallest absolute Gasteiger partial charge is 0.234 e. The number of hydrogen-bond donors (Lipinski definition) is 0. The minimum Gasteiger partial charge on any atom is -0.312 e. The molecule has 0 bridgehead atoms. The zero-order chi connectivity index (χ0) is 22.1. The number of benzene rings is 2. The fraction of sp³-hybridized carbons (Fsp3) is 0.200. The van der Waals surface area contributed by atoms with Gasteiger partial charge < -0.3 is 4.90 Å². The van der Waals surface area contributed by atoms with Crippen molar-refractivity contribution in [3.05, 3.63) is 84.2 Å². The van der Waals surface area contributed by atoms with Gasteiger partial charge in [-0.2, -0.15) is 0 Å². The summed E-state index contributed by atoms with van der Waals surface area (Å²) >= 11 is 1.49. The van der Waals surface area contributed by atoms with E-state index in [2.05, 4.69) is 4.98 Å². The van der Waals surface area contributed by atoms with Crippen LogP contribution >= 0.6 is 11.3 Å². The maximum atomic E-state index is 13.7. The van der Waals surface area contributed by atoms with E-state index >= 15 is 0 Å². The van der Waals surface area contributed by atoms with Crippen LogP contribution in [-0.2, 0) is 16.1 Å². The molecule has 0 unspecified atom stereocenters. The third-order valence-corrected chi connectivity index (χ3v) is 6.74. The lowest BCUT2D eigenvalue weighted by molar-refractivity contribution is -0.124. The van der Waals surface area contributed by atoms with Gasteiger partial charge in [0.15, 0.2) is 5.13 Å².